The second kappa shape index (κ2) is 6.64. The van der Waals surface area contributed by atoms with Crippen LogP contribution >= 0.6 is 11.8 Å². The summed E-state index contributed by atoms with van der Waals surface area (Å²) in [5.41, 5.74) is 3.09. The van der Waals surface area contributed by atoms with Crippen LogP contribution in [-0.4, -0.2) is 37.4 Å². The van der Waals surface area contributed by atoms with E-state index in [0.717, 1.165) is 23.9 Å². The van der Waals surface area contributed by atoms with E-state index in [2.05, 4.69) is 25.3 Å². The molecule has 0 unspecified atom stereocenters. The number of aromatic nitrogens is 4. The number of nitrogens with zero attached hydrogens (tertiary/aromatic N) is 3. The van der Waals surface area contributed by atoms with E-state index in [1.54, 1.807) is 0 Å². The van der Waals surface area contributed by atoms with Crippen LogP contribution in [0.2, 0.25) is 0 Å². The minimum Gasteiger partial charge on any atom is -0.333 e. The third-order valence-electron chi connectivity index (χ3n) is 3.94. The number of thioether (sulfide) groups is 1. The molecule has 0 radical (unpaired) electrons. The lowest BCUT2D eigenvalue weighted by molar-refractivity contribution is -0.113. The van der Waals surface area contributed by atoms with Crippen molar-refractivity contribution in [2.24, 2.45) is 0 Å². The molecule has 1 aromatic carbocycles. The Labute approximate surface area is 147 Å². The molecule has 1 amide bonds. The first-order valence-corrected chi connectivity index (χ1v) is 8.94. The van der Waals surface area contributed by atoms with Crippen LogP contribution in [0, 0.1) is 0 Å². The molecule has 1 aliphatic rings. The first kappa shape index (κ1) is 15.8. The molecule has 25 heavy (non-hydrogen) atoms. The molecule has 8 heteroatoms. The van der Waals surface area contributed by atoms with Crippen LogP contribution in [0.4, 0.5) is 5.95 Å². The van der Waals surface area contributed by atoms with Gasteiger partial charge in [-0.05, 0) is 25.0 Å². The number of hydrogen-bond donors (Lipinski definition) is 2. The van der Waals surface area contributed by atoms with Gasteiger partial charge in [-0.15, -0.1) is 0 Å². The summed E-state index contributed by atoms with van der Waals surface area (Å²) in [6.07, 6.45) is 3.57. The second-order valence-electron chi connectivity index (χ2n) is 5.73. The Morgan fingerprint density at radius 2 is 2.12 bits per heavy atom. The van der Waals surface area contributed by atoms with E-state index >= 15 is 0 Å². The Hall–Kier alpha value is -2.74. The summed E-state index contributed by atoms with van der Waals surface area (Å²) in [4.78, 5) is 39.8. The van der Waals surface area contributed by atoms with Crippen molar-refractivity contribution in [3.05, 3.63) is 41.7 Å². The molecule has 2 aromatic heterocycles. The highest BCUT2D eigenvalue weighted by atomic mass is 32.2. The zero-order valence-corrected chi connectivity index (χ0v) is 14.1. The van der Waals surface area contributed by atoms with Gasteiger partial charge in [-0.1, -0.05) is 23.9 Å². The summed E-state index contributed by atoms with van der Waals surface area (Å²) in [5.74, 6) is 0.287. The number of hydrogen-bond acceptors (Lipinski definition) is 6. The van der Waals surface area contributed by atoms with Crippen molar-refractivity contribution >= 4 is 40.4 Å². The van der Waals surface area contributed by atoms with Gasteiger partial charge in [0.1, 0.15) is 0 Å². The molecule has 3 aromatic rings. The van der Waals surface area contributed by atoms with Gasteiger partial charge in [0.2, 0.25) is 11.9 Å². The number of nitrogens with one attached hydrogen (secondary N) is 2. The standard InChI is InChI=1S/C17H15N5O2S/c23-14-7-3-6-11-10(14)8-18-16(19-11)22-15(24)9-25-17-20-12-4-1-2-5-13(12)21-17/h1-2,4-5,8H,3,6-7,9H2,(H,20,21)(H,18,19,22,24). The number of anilines is 1. The third-order valence-corrected chi connectivity index (χ3v) is 4.82. The summed E-state index contributed by atoms with van der Waals surface area (Å²) in [6.45, 7) is 0. The van der Waals surface area contributed by atoms with E-state index in [0.29, 0.717) is 22.8 Å². The fraction of sp³-hybridized carbons (Fsp3) is 0.235. The Morgan fingerprint density at radius 3 is 3.00 bits per heavy atom. The largest absolute Gasteiger partial charge is 0.333 e. The summed E-state index contributed by atoms with van der Waals surface area (Å²) < 4.78 is 0. The average molecular weight is 353 g/mol. The van der Waals surface area contributed by atoms with Gasteiger partial charge in [0.05, 0.1) is 28.0 Å². The van der Waals surface area contributed by atoms with Gasteiger partial charge in [0.15, 0.2) is 10.9 Å². The number of rotatable bonds is 4. The molecule has 2 heterocycles. The SMILES string of the molecule is O=C(CSc1nc2ccccc2[nH]1)Nc1ncc2c(n1)CCCC2=O. The fourth-order valence-corrected chi connectivity index (χ4v) is 3.43. The number of benzene rings is 1. The second-order valence-corrected chi connectivity index (χ2v) is 6.69. The zero-order chi connectivity index (χ0) is 17.2. The van der Waals surface area contributed by atoms with Crippen molar-refractivity contribution in [3.63, 3.8) is 0 Å². The third kappa shape index (κ3) is 3.39. The molecule has 7 nitrogen and oxygen atoms in total. The number of imidazole rings is 1. The number of carbonyl (C=O) groups is 2. The topological polar surface area (TPSA) is 101 Å². The van der Waals surface area contributed by atoms with E-state index in [9.17, 15) is 9.59 Å². The van der Waals surface area contributed by atoms with Gasteiger partial charge >= 0.3 is 0 Å². The maximum Gasteiger partial charge on any atom is 0.237 e. The Kier molecular flexibility index (Phi) is 4.19. The van der Waals surface area contributed by atoms with Gasteiger partial charge in [-0.25, -0.2) is 15.0 Å². The molecule has 0 bridgehead atoms. The highest BCUT2D eigenvalue weighted by molar-refractivity contribution is 7.99. The number of carbonyl (C=O) groups excluding carboxylic acids is 2. The minimum absolute atomic E-state index is 0.0690. The molecule has 0 spiro atoms. The quantitative estimate of drug-likeness (QED) is 0.699. The summed E-state index contributed by atoms with van der Waals surface area (Å²) in [6, 6.07) is 7.70. The lowest BCUT2D eigenvalue weighted by Gasteiger charge is -2.13. The maximum absolute atomic E-state index is 12.1. The molecule has 0 saturated carbocycles. The highest BCUT2D eigenvalue weighted by Crippen LogP contribution is 2.21. The summed E-state index contributed by atoms with van der Waals surface area (Å²) >= 11 is 1.31. The number of aryl methyl sites for hydroxylation is 1. The molecule has 0 fully saturated rings. The normalized spacial score (nSPS) is 13.7. The Bertz CT molecular complexity index is 936. The van der Waals surface area contributed by atoms with Crippen molar-refractivity contribution in [1.29, 1.82) is 0 Å². The molecule has 0 saturated heterocycles. The average Bonchev–Trinajstić information content (AvgIpc) is 3.03. The van der Waals surface area contributed by atoms with Crippen LogP contribution in [-0.2, 0) is 11.2 Å². The number of para-hydroxylation sites is 2. The van der Waals surface area contributed by atoms with Crippen molar-refractivity contribution in [2.75, 3.05) is 11.1 Å². The maximum atomic E-state index is 12.1. The van der Waals surface area contributed by atoms with Crippen LogP contribution in [0.3, 0.4) is 0 Å². The molecule has 0 atom stereocenters. The molecule has 126 valence electrons. The van der Waals surface area contributed by atoms with Crippen molar-refractivity contribution < 1.29 is 9.59 Å². The molecular formula is C17H15N5O2S. The van der Waals surface area contributed by atoms with E-state index in [4.69, 9.17) is 0 Å². The number of fused-ring (bicyclic) bond motifs is 2. The van der Waals surface area contributed by atoms with Crippen molar-refractivity contribution in [2.45, 2.75) is 24.4 Å². The molecular weight excluding hydrogens is 338 g/mol. The molecule has 0 aliphatic heterocycles. The molecule has 1 aliphatic carbocycles. The van der Waals surface area contributed by atoms with Gasteiger partial charge in [0, 0.05) is 12.6 Å². The van der Waals surface area contributed by atoms with Gasteiger partial charge in [-0.2, -0.15) is 0 Å². The lowest BCUT2D eigenvalue weighted by Crippen LogP contribution is -2.19. The van der Waals surface area contributed by atoms with Gasteiger partial charge in [0.25, 0.3) is 0 Å². The monoisotopic (exact) mass is 353 g/mol. The van der Waals surface area contributed by atoms with Gasteiger partial charge < -0.3 is 4.98 Å². The number of amides is 1. The number of aromatic amines is 1. The smallest absolute Gasteiger partial charge is 0.237 e. The Morgan fingerprint density at radius 1 is 1.24 bits per heavy atom. The number of Topliss-reactive ketones (excluding diaryl/α,β-unsaturated/α-hetero) is 1. The van der Waals surface area contributed by atoms with E-state index in [1.807, 2.05) is 24.3 Å². The number of H-pyrrole nitrogens is 1. The van der Waals surface area contributed by atoms with Crippen LogP contribution in [0.1, 0.15) is 28.9 Å². The fourth-order valence-electron chi connectivity index (χ4n) is 2.74. The first-order valence-electron chi connectivity index (χ1n) is 7.95. The zero-order valence-electron chi connectivity index (χ0n) is 13.3. The van der Waals surface area contributed by atoms with Crippen molar-refractivity contribution in [1.82, 2.24) is 19.9 Å². The van der Waals surface area contributed by atoms with Gasteiger partial charge in [-0.3, -0.25) is 14.9 Å². The van der Waals surface area contributed by atoms with Crippen LogP contribution in [0.25, 0.3) is 11.0 Å². The molecule has 4 rings (SSSR count). The highest BCUT2D eigenvalue weighted by Gasteiger charge is 2.19. The molecule has 2 N–H and O–H groups in total. The van der Waals surface area contributed by atoms with Crippen LogP contribution in [0.15, 0.2) is 35.6 Å². The van der Waals surface area contributed by atoms with E-state index in [-0.39, 0.29) is 23.4 Å². The lowest BCUT2D eigenvalue weighted by atomic mass is 9.96. The van der Waals surface area contributed by atoms with E-state index < -0.39 is 0 Å². The summed E-state index contributed by atoms with van der Waals surface area (Å²) in [5, 5.41) is 3.36. The van der Waals surface area contributed by atoms with Crippen LogP contribution < -0.4 is 5.32 Å². The first-order chi connectivity index (χ1) is 12.2. The predicted molar refractivity (Wildman–Crippen MR) is 94.7 cm³/mol. The predicted octanol–water partition coefficient (Wildman–Crippen LogP) is 2.60. The van der Waals surface area contributed by atoms with E-state index in [1.165, 1.54) is 18.0 Å². The minimum atomic E-state index is -0.215. The van der Waals surface area contributed by atoms with Crippen molar-refractivity contribution in [3.8, 4) is 0 Å². The van der Waals surface area contributed by atoms with Crippen LogP contribution in [0.5, 0.6) is 0 Å². The Balaban J connectivity index is 1.39. The number of ketones is 1. The summed E-state index contributed by atoms with van der Waals surface area (Å²) in [7, 11) is 0.